The third-order valence-electron chi connectivity index (χ3n) is 5.18. The van der Waals surface area contributed by atoms with Gasteiger partial charge in [0.15, 0.2) is 11.9 Å². The summed E-state index contributed by atoms with van der Waals surface area (Å²) in [6.45, 7) is 7.30. The summed E-state index contributed by atoms with van der Waals surface area (Å²) >= 11 is 0. The van der Waals surface area contributed by atoms with E-state index in [-0.39, 0.29) is 25.6 Å². The lowest BCUT2D eigenvalue weighted by atomic mass is 10.1. The Labute approximate surface area is 222 Å². The van der Waals surface area contributed by atoms with Gasteiger partial charge in [0, 0.05) is 6.20 Å². The van der Waals surface area contributed by atoms with Crippen molar-refractivity contribution in [2.75, 3.05) is 18.5 Å². The van der Waals surface area contributed by atoms with E-state index in [1.54, 1.807) is 32.3 Å². The molecule has 0 aliphatic rings. The maximum absolute atomic E-state index is 13.1. The van der Waals surface area contributed by atoms with Gasteiger partial charge in [-0.05, 0) is 38.8 Å². The smallest absolute Gasteiger partial charge is 0.408 e. The zero-order valence-corrected chi connectivity index (χ0v) is 22.0. The predicted octanol–water partition coefficient (Wildman–Crippen LogP) is 4.08. The van der Waals surface area contributed by atoms with Crippen LogP contribution in [-0.4, -0.2) is 52.4 Å². The van der Waals surface area contributed by atoms with E-state index >= 15 is 0 Å². The number of anilines is 1. The molecule has 1 unspecified atom stereocenters. The number of esters is 1. The van der Waals surface area contributed by atoms with Crippen molar-refractivity contribution in [3.8, 4) is 0 Å². The van der Waals surface area contributed by atoms with E-state index in [1.165, 1.54) is 12.5 Å². The molecule has 2 aromatic carbocycles. The topological polar surface area (TPSA) is 121 Å². The second kappa shape index (κ2) is 13.4. The summed E-state index contributed by atoms with van der Waals surface area (Å²) in [5.41, 5.74) is 0.891. The molecule has 0 aliphatic carbocycles. The fourth-order valence-electron chi connectivity index (χ4n) is 3.54. The van der Waals surface area contributed by atoms with Crippen LogP contribution in [-0.2, 0) is 30.4 Å². The van der Waals surface area contributed by atoms with Gasteiger partial charge in [-0.15, -0.1) is 0 Å². The van der Waals surface area contributed by atoms with Crippen LogP contribution < -0.4 is 10.6 Å². The van der Waals surface area contributed by atoms with Crippen LogP contribution in [0.5, 0.6) is 0 Å². The first-order valence-corrected chi connectivity index (χ1v) is 12.3. The molecule has 0 radical (unpaired) electrons. The normalized spacial score (nSPS) is 12.7. The maximum atomic E-state index is 13.1. The number of nitrogens with zero attached hydrogens (tertiary/aromatic N) is 2. The number of nitrogens with one attached hydrogen (secondary N) is 2. The number of amides is 2. The van der Waals surface area contributed by atoms with E-state index in [1.807, 2.05) is 60.7 Å². The highest BCUT2D eigenvalue weighted by Crippen LogP contribution is 2.21. The summed E-state index contributed by atoms with van der Waals surface area (Å²) in [6, 6.07) is 16.7. The van der Waals surface area contributed by atoms with E-state index in [9.17, 15) is 14.4 Å². The molecule has 38 heavy (non-hydrogen) atoms. The number of carbonyl (C=O) groups excluding carboxylic acids is 3. The molecule has 0 aliphatic heterocycles. The van der Waals surface area contributed by atoms with Gasteiger partial charge in [-0.2, -0.15) is 0 Å². The summed E-state index contributed by atoms with van der Waals surface area (Å²) in [6.07, 6.45) is 2.21. The van der Waals surface area contributed by atoms with E-state index in [0.717, 1.165) is 5.56 Å². The largest absolute Gasteiger partial charge is 0.464 e. The molecule has 1 heterocycles. The molecule has 202 valence electrons. The van der Waals surface area contributed by atoms with Crippen molar-refractivity contribution < 1.29 is 28.6 Å². The quantitative estimate of drug-likeness (QED) is 0.364. The van der Waals surface area contributed by atoms with Crippen molar-refractivity contribution in [1.29, 1.82) is 0 Å². The van der Waals surface area contributed by atoms with Crippen LogP contribution in [0.4, 0.5) is 10.6 Å². The van der Waals surface area contributed by atoms with Gasteiger partial charge in [-0.1, -0.05) is 60.7 Å². The fourth-order valence-corrected chi connectivity index (χ4v) is 3.54. The van der Waals surface area contributed by atoms with Gasteiger partial charge in [-0.25, -0.2) is 14.6 Å². The van der Waals surface area contributed by atoms with Gasteiger partial charge in [0.05, 0.1) is 26.1 Å². The molecule has 0 saturated heterocycles. The van der Waals surface area contributed by atoms with Crippen molar-refractivity contribution >= 4 is 23.8 Å². The summed E-state index contributed by atoms with van der Waals surface area (Å²) in [5, 5.41) is 5.25. The Morgan fingerprint density at radius 1 is 1.00 bits per heavy atom. The molecule has 3 aromatic rings. The van der Waals surface area contributed by atoms with Gasteiger partial charge >= 0.3 is 12.1 Å². The molecule has 0 fully saturated rings. The molecule has 0 bridgehead atoms. The van der Waals surface area contributed by atoms with Gasteiger partial charge in [0.25, 0.3) is 5.91 Å². The molecular formula is C28H34N4O6. The number of hydrogen-bond donors (Lipinski definition) is 2. The van der Waals surface area contributed by atoms with Gasteiger partial charge in [-0.3, -0.25) is 4.79 Å². The minimum absolute atomic E-state index is 0.101. The molecule has 10 heteroatoms. The Morgan fingerprint density at radius 2 is 1.66 bits per heavy atom. The number of benzene rings is 2. The predicted molar refractivity (Wildman–Crippen MR) is 141 cm³/mol. The third-order valence-corrected chi connectivity index (χ3v) is 5.18. The standard InChI is InChI=1S/C28H34N4O6/c1-5-37-26(34)24(21-14-10-7-11-15-21)32-16-23(29-19-32)31-25(33)22(30-27(35)38-28(2,3)4)18-36-17-20-12-8-6-9-13-20/h6-16,19,22,24H,5,17-18H2,1-4H3,(H,30,35)(H,31,33)/t22-,24?/m1/s1. The van der Waals surface area contributed by atoms with Crippen LogP contribution >= 0.6 is 0 Å². The molecule has 3 rings (SSSR count). The number of hydrogen-bond acceptors (Lipinski definition) is 7. The third kappa shape index (κ3) is 8.74. The second-order valence-corrected chi connectivity index (χ2v) is 9.46. The molecule has 1 aromatic heterocycles. The SMILES string of the molecule is CCOC(=O)C(c1ccccc1)n1cnc(NC(=O)[C@@H](COCc2ccccc2)NC(=O)OC(C)(C)C)c1. The van der Waals surface area contributed by atoms with Crippen LogP contribution in [0.1, 0.15) is 44.9 Å². The number of aromatic nitrogens is 2. The Balaban J connectivity index is 1.73. The monoisotopic (exact) mass is 522 g/mol. The summed E-state index contributed by atoms with van der Waals surface area (Å²) in [7, 11) is 0. The minimum atomic E-state index is -1.06. The molecular weight excluding hydrogens is 488 g/mol. The first kappa shape index (κ1) is 28.4. The Bertz CT molecular complexity index is 1190. The van der Waals surface area contributed by atoms with Crippen molar-refractivity contribution in [3.63, 3.8) is 0 Å². The molecule has 2 amide bonds. The molecule has 2 N–H and O–H groups in total. The molecule has 10 nitrogen and oxygen atoms in total. The number of rotatable bonds is 11. The number of alkyl carbamates (subject to hydrolysis) is 1. The van der Waals surface area contributed by atoms with E-state index in [0.29, 0.717) is 5.56 Å². The Hall–Kier alpha value is -4.18. The van der Waals surface area contributed by atoms with Crippen molar-refractivity contribution in [1.82, 2.24) is 14.9 Å². The summed E-state index contributed by atoms with van der Waals surface area (Å²) < 4.78 is 17.8. The van der Waals surface area contributed by atoms with Gasteiger partial charge in [0.1, 0.15) is 11.6 Å². The van der Waals surface area contributed by atoms with Crippen LogP contribution in [0.25, 0.3) is 0 Å². The van der Waals surface area contributed by atoms with Crippen molar-refractivity contribution in [3.05, 3.63) is 84.3 Å². The van der Waals surface area contributed by atoms with E-state index in [4.69, 9.17) is 14.2 Å². The van der Waals surface area contributed by atoms with Crippen molar-refractivity contribution in [2.45, 2.75) is 52.0 Å². The number of ether oxygens (including phenoxy) is 3. The van der Waals surface area contributed by atoms with Crippen LogP contribution in [0.3, 0.4) is 0 Å². The fraction of sp³-hybridized carbons (Fsp3) is 0.357. The lowest BCUT2D eigenvalue weighted by Crippen LogP contribution is -2.48. The Morgan fingerprint density at radius 3 is 2.29 bits per heavy atom. The minimum Gasteiger partial charge on any atom is -0.464 e. The second-order valence-electron chi connectivity index (χ2n) is 9.46. The lowest BCUT2D eigenvalue weighted by molar-refractivity contribution is -0.145. The first-order valence-electron chi connectivity index (χ1n) is 12.3. The summed E-state index contributed by atoms with van der Waals surface area (Å²) in [5.74, 6) is -0.811. The van der Waals surface area contributed by atoms with Gasteiger partial charge in [0.2, 0.25) is 0 Å². The zero-order valence-electron chi connectivity index (χ0n) is 22.0. The zero-order chi connectivity index (χ0) is 27.5. The lowest BCUT2D eigenvalue weighted by Gasteiger charge is -2.23. The van der Waals surface area contributed by atoms with Gasteiger partial charge < -0.3 is 29.4 Å². The highest BCUT2D eigenvalue weighted by molar-refractivity contribution is 5.96. The average molecular weight is 523 g/mol. The average Bonchev–Trinajstić information content (AvgIpc) is 3.31. The molecule has 0 spiro atoms. The highest BCUT2D eigenvalue weighted by Gasteiger charge is 2.27. The molecule has 2 atom stereocenters. The van der Waals surface area contributed by atoms with Crippen molar-refractivity contribution in [2.24, 2.45) is 0 Å². The van der Waals surface area contributed by atoms with E-state index in [2.05, 4.69) is 15.6 Å². The van der Waals surface area contributed by atoms with E-state index < -0.39 is 35.7 Å². The number of imidazole rings is 1. The molecule has 0 saturated carbocycles. The number of carbonyl (C=O) groups is 3. The maximum Gasteiger partial charge on any atom is 0.408 e. The highest BCUT2D eigenvalue weighted by atomic mass is 16.6. The van der Waals surface area contributed by atoms with Crippen LogP contribution in [0.2, 0.25) is 0 Å². The first-order chi connectivity index (χ1) is 18.2. The van der Waals surface area contributed by atoms with Crippen LogP contribution in [0, 0.1) is 0 Å². The Kier molecular flexibility index (Phi) is 10.0. The summed E-state index contributed by atoms with van der Waals surface area (Å²) in [4.78, 5) is 42.5. The van der Waals surface area contributed by atoms with Crippen LogP contribution in [0.15, 0.2) is 73.2 Å².